The van der Waals surface area contributed by atoms with Gasteiger partial charge in [0.1, 0.15) is 29.8 Å². The van der Waals surface area contributed by atoms with Crippen LogP contribution in [-0.4, -0.2) is 39.2 Å². The molecule has 27 heavy (non-hydrogen) atoms. The van der Waals surface area contributed by atoms with Crippen molar-refractivity contribution in [2.75, 3.05) is 13.7 Å². The van der Waals surface area contributed by atoms with Gasteiger partial charge in [0.15, 0.2) is 5.65 Å². The summed E-state index contributed by atoms with van der Waals surface area (Å²) in [7, 11) is 1.59. The van der Waals surface area contributed by atoms with E-state index in [0.717, 1.165) is 5.56 Å². The van der Waals surface area contributed by atoms with Gasteiger partial charge in [0, 0.05) is 19.9 Å². The van der Waals surface area contributed by atoms with Crippen LogP contribution in [0.1, 0.15) is 18.2 Å². The molecule has 2 heterocycles. The number of ether oxygens (including phenoxy) is 2. The van der Waals surface area contributed by atoms with Crippen LogP contribution in [0.2, 0.25) is 0 Å². The van der Waals surface area contributed by atoms with Crippen molar-refractivity contribution in [2.45, 2.75) is 20.2 Å². The number of methoxy groups -OCH3 is 1. The zero-order valence-corrected chi connectivity index (χ0v) is 15.3. The second-order valence-electron chi connectivity index (χ2n) is 5.67. The molecule has 8 heteroatoms. The summed E-state index contributed by atoms with van der Waals surface area (Å²) < 4.78 is 12.1. The molecule has 2 aromatic heterocycles. The quantitative estimate of drug-likeness (QED) is 0.482. The summed E-state index contributed by atoms with van der Waals surface area (Å²) in [5.74, 6) is -0.473. The molecule has 140 valence electrons. The van der Waals surface area contributed by atoms with Gasteiger partial charge in [0.05, 0.1) is 12.9 Å². The number of nitrogens with one attached hydrogen (secondary N) is 1. The molecule has 0 amide bonds. The zero-order valence-electron chi connectivity index (χ0n) is 15.3. The van der Waals surface area contributed by atoms with Gasteiger partial charge < -0.3 is 14.8 Å². The van der Waals surface area contributed by atoms with Crippen molar-refractivity contribution in [1.29, 1.82) is 0 Å². The number of rotatable bonds is 8. The number of benzene rings is 1. The van der Waals surface area contributed by atoms with Crippen molar-refractivity contribution in [2.24, 2.45) is 0 Å². The molecule has 0 fully saturated rings. The maximum absolute atomic E-state index is 12.5. The minimum atomic E-state index is -0.473. The highest BCUT2D eigenvalue weighted by Gasteiger charge is 2.20. The fourth-order valence-corrected chi connectivity index (χ4v) is 2.61. The molecule has 0 spiro atoms. The molecule has 0 saturated carbocycles. The van der Waals surface area contributed by atoms with Gasteiger partial charge in [0.25, 0.3) is 0 Å². The van der Waals surface area contributed by atoms with Crippen molar-refractivity contribution in [3.8, 4) is 0 Å². The number of carbonyl (C=O) groups is 1. The summed E-state index contributed by atoms with van der Waals surface area (Å²) in [6.07, 6.45) is 4.62. The van der Waals surface area contributed by atoms with E-state index in [1.165, 1.54) is 6.33 Å². The minimum Gasteiger partial charge on any atom is -0.462 e. The first-order valence-electron chi connectivity index (χ1n) is 8.54. The number of esters is 1. The fourth-order valence-electron chi connectivity index (χ4n) is 2.61. The third-order valence-electron chi connectivity index (χ3n) is 3.82. The van der Waals surface area contributed by atoms with Crippen LogP contribution < -0.4 is 5.32 Å². The minimum absolute atomic E-state index is 0.265. The molecule has 0 aliphatic heterocycles. The highest BCUT2D eigenvalue weighted by molar-refractivity contribution is 6.18. The Morgan fingerprint density at radius 2 is 2.04 bits per heavy atom. The van der Waals surface area contributed by atoms with Crippen molar-refractivity contribution in [1.82, 2.24) is 24.8 Å². The van der Waals surface area contributed by atoms with E-state index in [2.05, 4.69) is 20.3 Å². The van der Waals surface area contributed by atoms with Gasteiger partial charge in [-0.25, -0.2) is 19.7 Å². The summed E-state index contributed by atoms with van der Waals surface area (Å²) in [5, 5.41) is 3.15. The molecule has 3 rings (SSSR count). The highest BCUT2D eigenvalue weighted by atomic mass is 16.5. The van der Waals surface area contributed by atoms with Gasteiger partial charge in [-0.3, -0.25) is 4.57 Å². The van der Waals surface area contributed by atoms with Gasteiger partial charge in [0.2, 0.25) is 0 Å². The van der Waals surface area contributed by atoms with E-state index in [9.17, 15) is 4.79 Å². The summed E-state index contributed by atoms with van der Waals surface area (Å²) in [6, 6.07) is 9.88. The number of carbonyl (C=O) groups excluding carboxylic acids is 1. The fraction of sp³-hybridized carbons (Fsp3) is 0.263. The van der Waals surface area contributed by atoms with Crippen LogP contribution in [0.15, 0.2) is 49.2 Å². The standard InChI is InChI=1S/C19H21N5O3/c1-3-27-19(25)15(10-20-9-14-7-5-4-6-8-14)16-17-18(22-11-21-16)24(12-23-17)13-26-2/h4-8,10-12,20H,3,9,13H2,1-2H3/b15-10-. The van der Waals surface area contributed by atoms with Crippen LogP contribution in [0.3, 0.4) is 0 Å². The maximum atomic E-state index is 12.5. The predicted molar refractivity (Wildman–Crippen MR) is 100 cm³/mol. The SMILES string of the molecule is CCOC(=O)/C(=C\NCc1ccccc1)c1ncnc2c1ncn2COC. The molecule has 0 radical (unpaired) electrons. The Labute approximate surface area is 156 Å². The van der Waals surface area contributed by atoms with E-state index in [1.54, 1.807) is 31.1 Å². The lowest BCUT2D eigenvalue weighted by Gasteiger charge is -2.09. The van der Waals surface area contributed by atoms with Crippen molar-refractivity contribution in [3.63, 3.8) is 0 Å². The lowest BCUT2D eigenvalue weighted by Crippen LogP contribution is -2.14. The van der Waals surface area contributed by atoms with E-state index in [-0.39, 0.29) is 6.61 Å². The van der Waals surface area contributed by atoms with Gasteiger partial charge in [-0.15, -0.1) is 0 Å². The third kappa shape index (κ3) is 4.29. The van der Waals surface area contributed by atoms with E-state index in [4.69, 9.17) is 9.47 Å². The summed E-state index contributed by atoms with van der Waals surface area (Å²) >= 11 is 0. The third-order valence-corrected chi connectivity index (χ3v) is 3.82. The number of fused-ring (bicyclic) bond motifs is 1. The normalized spacial score (nSPS) is 11.6. The summed E-state index contributed by atoms with van der Waals surface area (Å²) in [6.45, 7) is 2.89. The largest absolute Gasteiger partial charge is 0.462 e. The van der Waals surface area contributed by atoms with Crippen LogP contribution >= 0.6 is 0 Å². The Morgan fingerprint density at radius 3 is 2.78 bits per heavy atom. The van der Waals surface area contributed by atoms with E-state index < -0.39 is 5.97 Å². The Kier molecular flexibility index (Phi) is 6.11. The molecule has 0 atom stereocenters. The molecule has 0 aliphatic carbocycles. The smallest absolute Gasteiger partial charge is 0.341 e. The first-order chi connectivity index (χ1) is 13.2. The molecule has 8 nitrogen and oxygen atoms in total. The van der Waals surface area contributed by atoms with Crippen molar-refractivity contribution in [3.05, 3.63) is 60.4 Å². The van der Waals surface area contributed by atoms with Gasteiger partial charge in [-0.2, -0.15) is 0 Å². The van der Waals surface area contributed by atoms with E-state index in [1.807, 2.05) is 30.3 Å². The maximum Gasteiger partial charge on any atom is 0.341 e. The summed E-state index contributed by atoms with van der Waals surface area (Å²) in [4.78, 5) is 25.4. The Morgan fingerprint density at radius 1 is 1.22 bits per heavy atom. The molecule has 0 aliphatic rings. The molecular weight excluding hydrogens is 346 g/mol. The number of nitrogens with zero attached hydrogens (tertiary/aromatic N) is 4. The Bertz CT molecular complexity index is 937. The predicted octanol–water partition coefficient (Wildman–Crippen LogP) is 2.12. The van der Waals surface area contributed by atoms with Gasteiger partial charge >= 0.3 is 5.97 Å². The monoisotopic (exact) mass is 367 g/mol. The van der Waals surface area contributed by atoms with E-state index in [0.29, 0.717) is 35.7 Å². The zero-order chi connectivity index (χ0) is 19.1. The number of imidazole rings is 1. The number of hydrogen-bond acceptors (Lipinski definition) is 7. The summed E-state index contributed by atoms with van der Waals surface area (Å²) in [5.41, 5.74) is 2.89. The first kappa shape index (κ1) is 18.5. The second-order valence-corrected chi connectivity index (χ2v) is 5.67. The van der Waals surface area contributed by atoms with Crippen molar-refractivity contribution < 1.29 is 14.3 Å². The van der Waals surface area contributed by atoms with Crippen molar-refractivity contribution >= 4 is 22.7 Å². The lowest BCUT2D eigenvalue weighted by molar-refractivity contribution is -0.136. The molecule has 0 bridgehead atoms. The Hall–Kier alpha value is -3.26. The molecule has 0 saturated heterocycles. The average Bonchev–Trinajstić information content (AvgIpc) is 3.10. The number of hydrogen-bond donors (Lipinski definition) is 1. The molecule has 0 unspecified atom stereocenters. The average molecular weight is 367 g/mol. The van der Waals surface area contributed by atoms with Crippen LogP contribution in [0, 0.1) is 0 Å². The van der Waals surface area contributed by atoms with Crippen LogP contribution in [-0.2, 0) is 27.5 Å². The van der Waals surface area contributed by atoms with E-state index >= 15 is 0 Å². The van der Waals surface area contributed by atoms with Crippen LogP contribution in [0.5, 0.6) is 0 Å². The van der Waals surface area contributed by atoms with Gasteiger partial charge in [-0.1, -0.05) is 30.3 Å². The van der Waals surface area contributed by atoms with Gasteiger partial charge in [-0.05, 0) is 12.5 Å². The number of aromatic nitrogens is 4. The molecule has 1 N–H and O–H groups in total. The second kappa shape index (κ2) is 8.91. The molecule has 3 aromatic rings. The van der Waals surface area contributed by atoms with Crippen LogP contribution in [0.4, 0.5) is 0 Å². The molecular formula is C19H21N5O3. The topological polar surface area (TPSA) is 91.2 Å². The highest BCUT2D eigenvalue weighted by Crippen LogP contribution is 2.21. The molecule has 1 aromatic carbocycles. The van der Waals surface area contributed by atoms with Crippen LogP contribution in [0.25, 0.3) is 16.7 Å². The lowest BCUT2D eigenvalue weighted by atomic mass is 10.1. The first-order valence-corrected chi connectivity index (χ1v) is 8.54. The Balaban J connectivity index is 1.94.